The highest BCUT2D eigenvalue weighted by Crippen LogP contribution is 2.31. The molecule has 1 N–H and O–H groups in total. The van der Waals surface area contributed by atoms with E-state index in [1.165, 1.54) is 23.5 Å². The summed E-state index contributed by atoms with van der Waals surface area (Å²) in [6.45, 7) is 2.75. The van der Waals surface area contributed by atoms with Gasteiger partial charge in [0, 0.05) is 30.8 Å². The Morgan fingerprint density at radius 2 is 1.85 bits per heavy atom. The lowest BCUT2D eigenvalue weighted by Gasteiger charge is -2.26. The Labute approximate surface area is 192 Å². The molecule has 2 aromatic carbocycles. The second-order valence-electron chi connectivity index (χ2n) is 7.05. The standard InChI is InChI=1S/C21H26N4O7S/c1-4-17(15-5-8-19(30-2)20(13-15)31-3)22-23-18-7-6-16(25(26)27)14-21(18)33(28,29)24-9-11-32-12-10-24/h5-8,13-14,23H,4,9-12H2,1-3H3/b22-17+. The van der Waals surface area contributed by atoms with E-state index in [9.17, 15) is 18.5 Å². The van der Waals surface area contributed by atoms with Crippen LogP contribution in [0.4, 0.5) is 11.4 Å². The molecule has 0 spiro atoms. The summed E-state index contributed by atoms with van der Waals surface area (Å²) in [6, 6.07) is 8.95. The smallest absolute Gasteiger partial charge is 0.270 e. The number of anilines is 1. The van der Waals surface area contributed by atoms with Gasteiger partial charge in [0.25, 0.3) is 5.69 Å². The summed E-state index contributed by atoms with van der Waals surface area (Å²) in [5, 5.41) is 15.7. The Morgan fingerprint density at radius 1 is 1.15 bits per heavy atom. The quantitative estimate of drug-likeness (QED) is 0.330. The lowest BCUT2D eigenvalue weighted by Crippen LogP contribution is -2.40. The van der Waals surface area contributed by atoms with E-state index in [-0.39, 0.29) is 42.6 Å². The highest BCUT2D eigenvalue weighted by molar-refractivity contribution is 7.89. The van der Waals surface area contributed by atoms with Crippen LogP contribution in [0.5, 0.6) is 11.5 Å². The number of morpholine rings is 1. The third-order valence-corrected chi connectivity index (χ3v) is 7.07. The fraction of sp³-hybridized carbons (Fsp3) is 0.381. The van der Waals surface area contributed by atoms with Gasteiger partial charge in [-0.2, -0.15) is 9.41 Å². The molecule has 0 bridgehead atoms. The number of non-ortho nitro benzene ring substituents is 1. The molecule has 3 rings (SSSR count). The molecule has 1 aliphatic heterocycles. The molecule has 33 heavy (non-hydrogen) atoms. The zero-order valence-electron chi connectivity index (χ0n) is 18.6. The lowest BCUT2D eigenvalue weighted by atomic mass is 10.1. The number of ether oxygens (including phenoxy) is 3. The largest absolute Gasteiger partial charge is 0.493 e. The van der Waals surface area contributed by atoms with Gasteiger partial charge in [-0.25, -0.2) is 8.42 Å². The van der Waals surface area contributed by atoms with Crippen molar-refractivity contribution < 1.29 is 27.6 Å². The number of nitro groups is 1. The van der Waals surface area contributed by atoms with Crippen LogP contribution in [0.1, 0.15) is 18.9 Å². The van der Waals surface area contributed by atoms with Crippen LogP contribution in [0.25, 0.3) is 0 Å². The Balaban J connectivity index is 2.00. The van der Waals surface area contributed by atoms with Crippen molar-refractivity contribution in [2.24, 2.45) is 5.10 Å². The molecular weight excluding hydrogens is 452 g/mol. The minimum Gasteiger partial charge on any atom is -0.493 e. The van der Waals surface area contributed by atoms with Crippen molar-refractivity contribution in [2.45, 2.75) is 18.2 Å². The first-order chi connectivity index (χ1) is 15.8. The van der Waals surface area contributed by atoms with E-state index in [4.69, 9.17) is 14.2 Å². The maximum Gasteiger partial charge on any atom is 0.270 e. The molecule has 0 atom stereocenters. The Hall–Kier alpha value is -3.22. The average molecular weight is 479 g/mol. The van der Waals surface area contributed by atoms with Gasteiger partial charge in [0.1, 0.15) is 4.90 Å². The predicted octanol–water partition coefficient (Wildman–Crippen LogP) is 2.86. The number of methoxy groups -OCH3 is 2. The van der Waals surface area contributed by atoms with Gasteiger partial charge >= 0.3 is 0 Å². The summed E-state index contributed by atoms with van der Waals surface area (Å²) >= 11 is 0. The summed E-state index contributed by atoms with van der Waals surface area (Å²) in [5.41, 5.74) is 3.99. The van der Waals surface area contributed by atoms with Crippen molar-refractivity contribution in [1.29, 1.82) is 0 Å². The fourth-order valence-corrected chi connectivity index (χ4v) is 4.92. The van der Waals surface area contributed by atoms with Crippen LogP contribution in [0, 0.1) is 10.1 Å². The molecule has 1 heterocycles. The Bertz CT molecular complexity index is 1150. The topological polar surface area (TPSA) is 133 Å². The molecule has 11 nitrogen and oxygen atoms in total. The molecule has 0 aromatic heterocycles. The van der Waals surface area contributed by atoms with Crippen LogP contribution in [-0.4, -0.2) is 63.9 Å². The van der Waals surface area contributed by atoms with E-state index >= 15 is 0 Å². The van der Waals surface area contributed by atoms with E-state index in [1.807, 2.05) is 13.0 Å². The number of hydrazone groups is 1. The second-order valence-corrected chi connectivity index (χ2v) is 8.95. The van der Waals surface area contributed by atoms with Gasteiger partial charge in [-0.3, -0.25) is 15.5 Å². The molecule has 1 saturated heterocycles. The molecular formula is C21H26N4O7S. The molecule has 0 saturated carbocycles. The first-order valence-corrected chi connectivity index (χ1v) is 11.7. The van der Waals surface area contributed by atoms with E-state index in [2.05, 4.69) is 10.5 Å². The number of nitrogens with one attached hydrogen (secondary N) is 1. The van der Waals surface area contributed by atoms with Crippen molar-refractivity contribution in [3.8, 4) is 11.5 Å². The number of nitrogens with zero attached hydrogens (tertiary/aromatic N) is 3. The maximum atomic E-state index is 13.3. The lowest BCUT2D eigenvalue weighted by molar-refractivity contribution is -0.385. The third-order valence-electron chi connectivity index (χ3n) is 5.13. The highest BCUT2D eigenvalue weighted by atomic mass is 32.2. The molecule has 0 aliphatic carbocycles. The summed E-state index contributed by atoms with van der Waals surface area (Å²) in [5.74, 6) is 1.10. The highest BCUT2D eigenvalue weighted by Gasteiger charge is 2.30. The second kappa shape index (κ2) is 10.6. The van der Waals surface area contributed by atoms with Crippen molar-refractivity contribution in [3.63, 3.8) is 0 Å². The number of rotatable bonds is 9. The maximum absolute atomic E-state index is 13.3. The summed E-state index contributed by atoms with van der Waals surface area (Å²) < 4.78 is 43.6. The molecule has 0 radical (unpaired) electrons. The average Bonchev–Trinajstić information content (AvgIpc) is 2.84. The van der Waals surface area contributed by atoms with Gasteiger partial charge in [0.15, 0.2) is 11.5 Å². The number of sulfonamides is 1. The summed E-state index contributed by atoms with van der Waals surface area (Å²) in [6.07, 6.45) is 0.529. The zero-order valence-corrected chi connectivity index (χ0v) is 19.4. The van der Waals surface area contributed by atoms with E-state index in [1.54, 1.807) is 19.2 Å². The molecule has 12 heteroatoms. The van der Waals surface area contributed by atoms with Gasteiger partial charge in [-0.15, -0.1) is 0 Å². The minimum absolute atomic E-state index is 0.138. The molecule has 2 aromatic rings. The molecule has 0 amide bonds. The predicted molar refractivity (Wildman–Crippen MR) is 123 cm³/mol. The number of hydrogen-bond donors (Lipinski definition) is 1. The Morgan fingerprint density at radius 3 is 2.45 bits per heavy atom. The van der Waals surface area contributed by atoms with Gasteiger partial charge in [0.05, 0.1) is 43.8 Å². The number of nitro benzene ring substituents is 1. The van der Waals surface area contributed by atoms with Crippen molar-refractivity contribution >= 4 is 27.1 Å². The SMILES string of the molecule is CC/C(=N\Nc1ccc([N+](=O)[O-])cc1S(=O)(=O)N1CCOCC1)c1ccc(OC)c(OC)c1. The van der Waals surface area contributed by atoms with Crippen LogP contribution in [0.3, 0.4) is 0 Å². The number of hydrogen-bond acceptors (Lipinski definition) is 9. The molecule has 178 valence electrons. The van der Waals surface area contributed by atoms with Crippen LogP contribution < -0.4 is 14.9 Å². The molecule has 1 aliphatic rings. The number of benzene rings is 2. The van der Waals surface area contributed by atoms with Crippen LogP contribution in [-0.2, 0) is 14.8 Å². The summed E-state index contributed by atoms with van der Waals surface area (Å²) in [4.78, 5) is 10.4. The van der Waals surface area contributed by atoms with Gasteiger partial charge < -0.3 is 14.2 Å². The minimum atomic E-state index is -4.01. The van der Waals surface area contributed by atoms with Crippen molar-refractivity contribution in [3.05, 3.63) is 52.1 Å². The monoisotopic (exact) mass is 478 g/mol. The van der Waals surface area contributed by atoms with Crippen LogP contribution in [0.2, 0.25) is 0 Å². The van der Waals surface area contributed by atoms with E-state index < -0.39 is 14.9 Å². The van der Waals surface area contributed by atoms with E-state index in [0.717, 1.165) is 11.6 Å². The van der Waals surface area contributed by atoms with Crippen LogP contribution >= 0.6 is 0 Å². The van der Waals surface area contributed by atoms with Gasteiger partial charge in [-0.1, -0.05) is 6.92 Å². The first-order valence-electron chi connectivity index (χ1n) is 10.2. The first kappa shape index (κ1) is 24.4. The third kappa shape index (κ3) is 5.41. The van der Waals surface area contributed by atoms with Crippen LogP contribution in [0.15, 0.2) is 46.4 Å². The molecule has 1 fully saturated rings. The fourth-order valence-electron chi connectivity index (χ4n) is 3.35. The van der Waals surface area contributed by atoms with Crippen molar-refractivity contribution in [1.82, 2.24) is 4.31 Å². The van der Waals surface area contributed by atoms with E-state index in [0.29, 0.717) is 23.6 Å². The Kier molecular flexibility index (Phi) is 7.84. The summed E-state index contributed by atoms with van der Waals surface area (Å²) in [7, 11) is -0.936. The van der Waals surface area contributed by atoms with Gasteiger partial charge in [0.2, 0.25) is 10.0 Å². The normalized spacial score (nSPS) is 15.2. The zero-order chi connectivity index (χ0) is 24.0. The molecule has 0 unspecified atom stereocenters. The van der Waals surface area contributed by atoms with Gasteiger partial charge in [-0.05, 0) is 30.7 Å². The van der Waals surface area contributed by atoms with Crippen molar-refractivity contribution in [2.75, 3.05) is 45.9 Å².